The van der Waals surface area contributed by atoms with Crippen LogP contribution in [0.15, 0.2) is 72.8 Å². The van der Waals surface area contributed by atoms with Crippen LogP contribution < -0.4 is 21.7 Å². The van der Waals surface area contributed by atoms with Crippen molar-refractivity contribution in [1.29, 1.82) is 0 Å². The normalized spacial score (nSPS) is 13.6. The number of aliphatic hydroxyl groups is 1. The number of aromatic hydroxyl groups is 3. The Hall–Kier alpha value is -5.14. The lowest BCUT2D eigenvalue weighted by Crippen LogP contribution is -2.58. The van der Waals surface area contributed by atoms with E-state index in [1.807, 2.05) is 0 Å². The lowest BCUT2D eigenvalue weighted by molar-refractivity contribution is -0.143. The molecule has 0 saturated carbocycles. The largest absolute Gasteiger partial charge is 0.508 e. The predicted octanol–water partition coefficient (Wildman–Crippen LogP) is -0.310. The molecular formula is C30H34N4O9. The fraction of sp³-hybridized carbons (Fsp3) is 0.267. The summed E-state index contributed by atoms with van der Waals surface area (Å²) in [4.78, 5) is 51.2. The zero-order valence-corrected chi connectivity index (χ0v) is 23.0. The van der Waals surface area contributed by atoms with Gasteiger partial charge in [0, 0.05) is 12.8 Å². The quantitative estimate of drug-likeness (QED) is 0.118. The molecule has 43 heavy (non-hydrogen) atoms. The first-order valence-electron chi connectivity index (χ1n) is 13.3. The number of nitrogens with one attached hydrogen (secondary N) is 3. The third kappa shape index (κ3) is 10.0. The Morgan fingerprint density at radius 1 is 0.558 bits per heavy atom. The third-order valence-corrected chi connectivity index (χ3v) is 6.54. The van der Waals surface area contributed by atoms with Gasteiger partial charge in [0.05, 0.1) is 12.6 Å². The Labute approximate surface area is 247 Å². The van der Waals surface area contributed by atoms with Crippen molar-refractivity contribution in [3.8, 4) is 17.2 Å². The summed E-state index contributed by atoms with van der Waals surface area (Å²) < 4.78 is 0. The standard InChI is InChI=1S/C30H34N4O9/c31-23(13-17-1-7-20(36)8-2-17)27(39)32-24(14-18-3-9-21(37)10-4-18)28(40)33-25(15-19-5-11-22(38)12-6-19)29(41)34-26(16-35)30(42)43/h1-12,23-26,35-38H,13-16,31H2,(H,32,39)(H,33,40)(H,34,41)(H,42,43)/t23-,24-,25-,26-/m0/s1. The van der Waals surface area contributed by atoms with Crippen molar-refractivity contribution in [2.24, 2.45) is 5.73 Å². The number of phenolic OH excluding ortho intramolecular Hbond substituents is 3. The zero-order valence-electron chi connectivity index (χ0n) is 23.0. The van der Waals surface area contributed by atoms with Gasteiger partial charge in [-0.25, -0.2) is 4.79 Å². The SMILES string of the molecule is N[C@@H](Cc1ccc(O)cc1)C(=O)N[C@@H](Cc1ccc(O)cc1)C(=O)N[C@@H](Cc1ccc(O)cc1)C(=O)N[C@@H](CO)C(=O)O. The Kier molecular flexibility index (Phi) is 11.4. The van der Waals surface area contributed by atoms with Gasteiger partial charge in [-0.3, -0.25) is 14.4 Å². The van der Waals surface area contributed by atoms with Crippen LogP contribution in [0.5, 0.6) is 17.2 Å². The van der Waals surface area contributed by atoms with Crippen molar-refractivity contribution in [3.05, 3.63) is 89.5 Å². The highest BCUT2D eigenvalue weighted by molar-refractivity contribution is 5.94. The maximum absolute atomic E-state index is 13.6. The molecule has 0 heterocycles. The number of aliphatic carboxylic acids is 1. The summed E-state index contributed by atoms with van der Waals surface area (Å²) in [5.41, 5.74) is 7.86. The predicted molar refractivity (Wildman–Crippen MR) is 154 cm³/mol. The Bertz CT molecular complexity index is 1400. The molecule has 228 valence electrons. The second kappa shape index (κ2) is 15.2. The van der Waals surface area contributed by atoms with E-state index in [0.717, 1.165) is 0 Å². The van der Waals surface area contributed by atoms with Gasteiger partial charge in [-0.15, -0.1) is 0 Å². The molecule has 0 radical (unpaired) electrons. The minimum Gasteiger partial charge on any atom is -0.508 e. The van der Waals surface area contributed by atoms with Gasteiger partial charge in [0.15, 0.2) is 0 Å². The van der Waals surface area contributed by atoms with Crippen molar-refractivity contribution >= 4 is 23.7 Å². The van der Waals surface area contributed by atoms with Crippen molar-refractivity contribution in [2.75, 3.05) is 6.61 Å². The topological polar surface area (TPSA) is 232 Å². The fourth-order valence-corrected chi connectivity index (χ4v) is 4.14. The van der Waals surface area contributed by atoms with E-state index in [1.54, 1.807) is 24.3 Å². The highest BCUT2D eigenvalue weighted by Gasteiger charge is 2.30. The van der Waals surface area contributed by atoms with Crippen LogP contribution in [0, 0.1) is 0 Å². The van der Waals surface area contributed by atoms with Gasteiger partial charge >= 0.3 is 5.97 Å². The number of hydrogen-bond acceptors (Lipinski definition) is 9. The minimum absolute atomic E-state index is 0.00721. The number of benzene rings is 3. The Morgan fingerprint density at radius 3 is 1.23 bits per heavy atom. The van der Waals surface area contributed by atoms with E-state index in [0.29, 0.717) is 16.7 Å². The van der Waals surface area contributed by atoms with Crippen molar-refractivity contribution < 1.29 is 44.7 Å². The number of aliphatic hydroxyl groups excluding tert-OH is 1. The van der Waals surface area contributed by atoms with Gasteiger partial charge in [0.25, 0.3) is 0 Å². The van der Waals surface area contributed by atoms with Crippen LogP contribution >= 0.6 is 0 Å². The Balaban J connectivity index is 1.83. The van der Waals surface area contributed by atoms with Crippen LogP contribution in [0.25, 0.3) is 0 Å². The van der Waals surface area contributed by atoms with Gasteiger partial charge in [-0.1, -0.05) is 36.4 Å². The molecule has 0 aliphatic rings. The molecule has 0 aliphatic carbocycles. The summed E-state index contributed by atoms with van der Waals surface area (Å²) in [6.45, 7) is -0.889. The molecule has 4 atom stereocenters. The molecule has 0 saturated heterocycles. The van der Waals surface area contributed by atoms with Gasteiger partial charge in [0.2, 0.25) is 17.7 Å². The van der Waals surface area contributed by atoms with E-state index in [9.17, 15) is 44.7 Å². The van der Waals surface area contributed by atoms with Crippen LogP contribution in [0.4, 0.5) is 0 Å². The highest BCUT2D eigenvalue weighted by atomic mass is 16.4. The number of phenols is 3. The van der Waals surface area contributed by atoms with Crippen LogP contribution in [0.3, 0.4) is 0 Å². The molecule has 0 bridgehead atoms. The van der Waals surface area contributed by atoms with Crippen molar-refractivity contribution in [2.45, 2.75) is 43.4 Å². The van der Waals surface area contributed by atoms with Crippen molar-refractivity contribution in [1.82, 2.24) is 16.0 Å². The van der Waals surface area contributed by atoms with Crippen LogP contribution in [-0.4, -0.2) is 80.0 Å². The van der Waals surface area contributed by atoms with Crippen molar-refractivity contribution in [3.63, 3.8) is 0 Å². The summed E-state index contributed by atoms with van der Waals surface area (Å²) >= 11 is 0. The molecule has 3 amide bonds. The van der Waals surface area contributed by atoms with E-state index in [-0.39, 0.29) is 36.5 Å². The van der Waals surface area contributed by atoms with Crippen LogP contribution in [0.1, 0.15) is 16.7 Å². The van der Waals surface area contributed by atoms with Gasteiger partial charge in [-0.2, -0.15) is 0 Å². The second-order valence-electron chi connectivity index (χ2n) is 9.92. The molecule has 0 aliphatic heterocycles. The number of nitrogens with two attached hydrogens (primary N) is 1. The fourth-order valence-electron chi connectivity index (χ4n) is 4.14. The average Bonchev–Trinajstić information content (AvgIpc) is 2.98. The first kappa shape index (κ1) is 32.4. The molecule has 0 spiro atoms. The van der Waals surface area contributed by atoms with E-state index in [2.05, 4.69) is 16.0 Å². The molecule has 13 heteroatoms. The summed E-state index contributed by atoms with van der Waals surface area (Å²) in [6, 6.07) is 12.5. The zero-order chi connectivity index (χ0) is 31.5. The minimum atomic E-state index is -1.63. The molecule has 10 N–H and O–H groups in total. The van der Waals surface area contributed by atoms with Gasteiger partial charge in [-0.05, 0) is 59.5 Å². The van der Waals surface area contributed by atoms with E-state index in [1.165, 1.54) is 48.5 Å². The second-order valence-corrected chi connectivity index (χ2v) is 9.92. The number of carboxylic acids is 1. The Morgan fingerprint density at radius 2 is 0.884 bits per heavy atom. The molecular weight excluding hydrogens is 560 g/mol. The van der Waals surface area contributed by atoms with Crippen LogP contribution in [-0.2, 0) is 38.4 Å². The number of hydrogen-bond donors (Lipinski definition) is 9. The summed E-state index contributed by atoms with van der Waals surface area (Å²) in [5, 5.41) is 54.7. The number of carbonyl (C=O) groups excluding carboxylic acids is 3. The maximum Gasteiger partial charge on any atom is 0.328 e. The number of amides is 3. The van der Waals surface area contributed by atoms with E-state index < -0.39 is 54.5 Å². The first-order chi connectivity index (χ1) is 20.4. The van der Waals surface area contributed by atoms with E-state index in [4.69, 9.17) is 5.73 Å². The maximum atomic E-state index is 13.6. The van der Waals surface area contributed by atoms with E-state index >= 15 is 0 Å². The lowest BCUT2D eigenvalue weighted by Gasteiger charge is -2.25. The molecule has 3 aromatic carbocycles. The number of rotatable bonds is 14. The molecule has 0 aromatic heterocycles. The summed E-state index contributed by atoms with van der Waals surface area (Å²) in [5.74, 6) is -3.82. The first-order valence-corrected chi connectivity index (χ1v) is 13.3. The van der Waals surface area contributed by atoms with Gasteiger partial charge < -0.3 is 47.2 Å². The molecule has 3 aromatic rings. The number of carboxylic acid groups (broad SMARTS) is 1. The smallest absolute Gasteiger partial charge is 0.328 e. The third-order valence-electron chi connectivity index (χ3n) is 6.54. The molecule has 13 nitrogen and oxygen atoms in total. The van der Waals surface area contributed by atoms with Crippen LogP contribution in [0.2, 0.25) is 0 Å². The number of carbonyl (C=O) groups is 4. The molecule has 3 rings (SSSR count). The summed E-state index contributed by atoms with van der Waals surface area (Å²) in [7, 11) is 0. The summed E-state index contributed by atoms with van der Waals surface area (Å²) in [6.07, 6.45) is -0.0646. The molecule has 0 unspecified atom stereocenters. The lowest BCUT2D eigenvalue weighted by atomic mass is 10.0. The highest BCUT2D eigenvalue weighted by Crippen LogP contribution is 2.15. The monoisotopic (exact) mass is 594 g/mol. The van der Waals surface area contributed by atoms with Gasteiger partial charge in [0.1, 0.15) is 35.4 Å². The molecule has 0 fully saturated rings. The average molecular weight is 595 g/mol.